The topological polar surface area (TPSA) is 9.23 Å². The first-order valence-electron chi connectivity index (χ1n) is 7.16. The van der Waals surface area contributed by atoms with E-state index in [0.29, 0.717) is 0 Å². The largest absolute Gasteiger partial charge is 0.376 e. The number of ether oxygens (including phenoxy) is 1. The van der Waals surface area contributed by atoms with Crippen LogP contribution in [-0.4, -0.2) is 12.2 Å². The Bertz CT molecular complexity index is 214. The molecule has 0 atom stereocenters. The molecular weight excluding hydrogens is 208 g/mol. The summed E-state index contributed by atoms with van der Waals surface area (Å²) in [5.41, 5.74) is 0.0227. The Kier molecular flexibility index (Phi) is 10.4. The molecule has 0 fully saturated rings. The fourth-order valence-corrected chi connectivity index (χ4v) is 1.53. The minimum absolute atomic E-state index is 0.0227. The molecular formula is C16H30O. The van der Waals surface area contributed by atoms with Crippen molar-refractivity contribution >= 4 is 0 Å². The van der Waals surface area contributed by atoms with Crippen molar-refractivity contribution in [2.75, 3.05) is 6.61 Å². The Labute approximate surface area is 108 Å². The van der Waals surface area contributed by atoms with Crippen molar-refractivity contribution in [2.24, 2.45) is 0 Å². The van der Waals surface area contributed by atoms with E-state index in [2.05, 4.69) is 39.5 Å². The minimum atomic E-state index is 0.0227. The van der Waals surface area contributed by atoms with Gasteiger partial charge in [0.15, 0.2) is 0 Å². The number of hydrogen-bond donors (Lipinski definition) is 0. The SMILES string of the molecule is CCCC#CCCCCCCCOC(C)(C)C. The fraction of sp³-hybridized carbons (Fsp3) is 0.875. The molecule has 0 amide bonds. The van der Waals surface area contributed by atoms with E-state index in [9.17, 15) is 0 Å². The third-order valence-corrected chi connectivity index (χ3v) is 2.48. The average Bonchev–Trinajstić information content (AvgIpc) is 2.24. The van der Waals surface area contributed by atoms with Gasteiger partial charge in [-0.1, -0.05) is 26.2 Å². The Hall–Kier alpha value is -0.480. The van der Waals surface area contributed by atoms with Crippen LogP contribution in [0.4, 0.5) is 0 Å². The first-order valence-corrected chi connectivity index (χ1v) is 7.16. The van der Waals surface area contributed by atoms with Gasteiger partial charge in [0.25, 0.3) is 0 Å². The van der Waals surface area contributed by atoms with Gasteiger partial charge in [-0.3, -0.25) is 0 Å². The van der Waals surface area contributed by atoms with Crippen LogP contribution in [0.5, 0.6) is 0 Å². The first-order chi connectivity index (χ1) is 8.06. The molecule has 0 bridgehead atoms. The van der Waals surface area contributed by atoms with E-state index in [0.717, 1.165) is 19.4 Å². The van der Waals surface area contributed by atoms with E-state index >= 15 is 0 Å². The molecule has 0 aromatic carbocycles. The molecule has 1 heteroatoms. The highest BCUT2D eigenvalue weighted by atomic mass is 16.5. The summed E-state index contributed by atoms with van der Waals surface area (Å²) in [4.78, 5) is 0. The zero-order valence-corrected chi connectivity index (χ0v) is 12.3. The standard InChI is InChI=1S/C16H30O/c1-5-6-7-8-9-10-11-12-13-14-15-17-16(2,3)4/h5-6,9-15H2,1-4H3. The Morgan fingerprint density at radius 1 is 0.824 bits per heavy atom. The predicted molar refractivity (Wildman–Crippen MR) is 76.1 cm³/mol. The molecule has 0 radical (unpaired) electrons. The van der Waals surface area contributed by atoms with Crippen LogP contribution in [0.1, 0.15) is 79.1 Å². The molecule has 0 heterocycles. The summed E-state index contributed by atoms with van der Waals surface area (Å²) in [5.74, 6) is 6.43. The van der Waals surface area contributed by atoms with Gasteiger partial charge in [-0.2, -0.15) is 0 Å². The van der Waals surface area contributed by atoms with Crippen LogP contribution in [0.25, 0.3) is 0 Å². The molecule has 1 nitrogen and oxygen atoms in total. The number of rotatable bonds is 8. The van der Waals surface area contributed by atoms with Gasteiger partial charge in [0.1, 0.15) is 0 Å². The van der Waals surface area contributed by atoms with Crippen molar-refractivity contribution in [1.29, 1.82) is 0 Å². The molecule has 0 unspecified atom stereocenters. The van der Waals surface area contributed by atoms with Gasteiger partial charge in [0.05, 0.1) is 5.60 Å². The second-order valence-electron chi connectivity index (χ2n) is 5.58. The van der Waals surface area contributed by atoms with Gasteiger partial charge >= 0.3 is 0 Å². The van der Waals surface area contributed by atoms with Crippen LogP contribution >= 0.6 is 0 Å². The first kappa shape index (κ1) is 16.5. The summed E-state index contributed by atoms with van der Waals surface area (Å²) >= 11 is 0. The lowest BCUT2D eigenvalue weighted by Crippen LogP contribution is -2.19. The van der Waals surface area contributed by atoms with E-state index < -0.39 is 0 Å². The van der Waals surface area contributed by atoms with Crippen molar-refractivity contribution in [2.45, 2.75) is 84.7 Å². The van der Waals surface area contributed by atoms with Gasteiger partial charge in [0.2, 0.25) is 0 Å². The van der Waals surface area contributed by atoms with E-state index in [-0.39, 0.29) is 5.60 Å². The lowest BCUT2D eigenvalue weighted by molar-refractivity contribution is -0.00474. The molecule has 0 aliphatic heterocycles. The molecule has 0 N–H and O–H groups in total. The van der Waals surface area contributed by atoms with Gasteiger partial charge in [-0.15, -0.1) is 11.8 Å². The molecule has 0 aliphatic rings. The summed E-state index contributed by atoms with van der Waals surface area (Å²) in [5, 5.41) is 0. The predicted octanol–water partition coefficient (Wildman–Crippen LogP) is 4.95. The summed E-state index contributed by atoms with van der Waals surface area (Å²) in [6.07, 6.45) is 9.71. The highest BCUT2D eigenvalue weighted by Gasteiger charge is 2.08. The van der Waals surface area contributed by atoms with Crippen molar-refractivity contribution in [1.82, 2.24) is 0 Å². The molecule has 0 aromatic heterocycles. The van der Waals surface area contributed by atoms with E-state index in [4.69, 9.17) is 4.74 Å². The second kappa shape index (κ2) is 10.7. The van der Waals surface area contributed by atoms with Crippen LogP contribution in [-0.2, 0) is 4.74 Å². The third-order valence-electron chi connectivity index (χ3n) is 2.48. The van der Waals surface area contributed by atoms with Crippen molar-refractivity contribution in [3.63, 3.8) is 0 Å². The van der Waals surface area contributed by atoms with Crippen LogP contribution in [0.3, 0.4) is 0 Å². The lowest BCUT2D eigenvalue weighted by Gasteiger charge is -2.19. The molecule has 0 saturated heterocycles. The number of hydrogen-bond acceptors (Lipinski definition) is 1. The van der Waals surface area contributed by atoms with Crippen molar-refractivity contribution < 1.29 is 4.74 Å². The lowest BCUT2D eigenvalue weighted by atomic mass is 10.1. The smallest absolute Gasteiger partial charge is 0.0598 e. The summed E-state index contributed by atoms with van der Waals surface area (Å²) in [6, 6.07) is 0. The maximum atomic E-state index is 5.68. The van der Waals surface area contributed by atoms with Crippen LogP contribution in [0, 0.1) is 11.8 Å². The highest BCUT2D eigenvalue weighted by Crippen LogP contribution is 2.10. The minimum Gasteiger partial charge on any atom is -0.376 e. The van der Waals surface area contributed by atoms with E-state index in [1.54, 1.807) is 0 Å². The molecule has 0 aliphatic carbocycles. The molecule has 0 rings (SSSR count). The van der Waals surface area contributed by atoms with Crippen molar-refractivity contribution in [3.8, 4) is 11.8 Å². The quantitative estimate of drug-likeness (QED) is 0.429. The third kappa shape index (κ3) is 15.5. The fourth-order valence-electron chi connectivity index (χ4n) is 1.53. The van der Waals surface area contributed by atoms with Gasteiger partial charge < -0.3 is 4.74 Å². The molecule has 0 saturated carbocycles. The summed E-state index contributed by atoms with van der Waals surface area (Å²) in [7, 11) is 0. The molecule has 17 heavy (non-hydrogen) atoms. The van der Waals surface area contributed by atoms with Crippen molar-refractivity contribution in [3.05, 3.63) is 0 Å². The second-order valence-corrected chi connectivity index (χ2v) is 5.58. The molecule has 0 spiro atoms. The highest BCUT2D eigenvalue weighted by molar-refractivity contribution is 4.98. The van der Waals surface area contributed by atoms with Gasteiger partial charge in [0, 0.05) is 19.4 Å². The van der Waals surface area contributed by atoms with Crippen LogP contribution in [0.15, 0.2) is 0 Å². The Morgan fingerprint density at radius 2 is 1.41 bits per heavy atom. The van der Waals surface area contributed by atoms with Crippen LogP contribution in [0.2, 0.25) is 0 Å². The zero-order valence-electron chi connectivity index (χ0n) is 12.3. The molecule has 0 aromatic rings. The maximum Gasteiger partial charge on any atom is 0.0598 e. The summed E-state index contributed by atoms with van der Waals surface area (Å²) < 4.78 is 5.68. The summed E-state index contributed by atoms with van der Waals surface area (Å²) in [6.45, 7) is 9.42. The van der Waals surface area contributed by atoms with Gasteiger partial charge in [-0.25, -0.2) is 0 Å². The Morgan fingerprint density at radius 3 is 2.06 bits per heavy atom. The maximum absolute atomic E-state index is 5.68. The van der Waals surface area contributed by atoms with E-state index in [1.165, 1.54) is 38.5 Å². The van der Waals surface area contributed by atoms with E-state index in [1.807, 2.05) is 0 Å². The normalized spacial score (nSPS) is 11.1. The molecule has 100 valence electrons. The van der Waals surface area contributed by atoms with Gasteiger partial charge in [-0.05, 0) is 40.0 Å². The van der Waals surface area contributed by atoms with Crippen LogP contribution < -0.4 is 0 Å². The zero-order chi connectivity index (χ0) is 13.0. The Balaban J connectivity index is 3.12. The monoisotopic (exact) mass is 238 g/mol. The average molecular weight is 238 g/mol. The number of unbranched alkanes of at least 4 members (excludes halogenated alkanes) is 6.